The van der Waals surface area contributed by atoms with Crippen molar-refractivity contribution in [3.63, 3.8) is 0 Å². The van der Waals surface area contributed by atoms with Crippen molar-refractivity contribution in [2.45, 2.75) is 82.8 Å². The highest BCUT2D eigenvalue weighted by Gasteiger charge is 2.45. The highest BCUT2D eigenvalue weighted by molar-refractivity contribution is 5.50. The van der Waals surface area contributed by atoms with Gasteiger partial charge in [-0.15, -0.1) is 0 Å². The van der Waals surface area contributed by atoms with Crippen LogP contribution in [-0.2, 0) is 6.42 Å². The summed E-state index contributed by atoms with van der Waals surface area (Å²) in [5.74, 6) is 1.66. The quantitative estimate of drug-likeness (QED) is 0.853. The molecule has 0 amide bonds. The third kappa shape index (κ3) is 2.83. The van der Waals surface area contributed by atoms with Gasteiger partial charge < -0.3 is 14.9 Å². The second-order valence-corrected chi connectivity index (χ2v) is 7.10. The van der Waals surface area contributed by atoms with Crippen molar-refractivity contribution < 1.29 is 14.9 Å². The van der Waals surface area contributed by atoms with Crippen LogP contribution in [0.25, 0.3) is 0 Å². The van der Waals surface area contributed by atoms with Gasteiger partial charge in [-0.3, -0.25) is 0 Å². The number of hydrogen-bond donors (Lipinski definition) is 2. The standard InChI is InChI=1S/C19H28O3/c1-3-5-8-19(21)9-7-14-15-11-16(20)13(6-4-2)10-17(15)22-18(14)12-19/h10-11,14,18,20-21H,3-9,12H2,1-2H3. The van der Waals surface area contributed by atoms with Crippen LogP contribution in [0.2, 0.25) is 0 Å². The topological polar surface area (TPSA) is 49.7 Å². The Morgan fingerprint density at radius 1 is 1.27 bits per heavy atom. The van der Waals surface area contributed by atoms with Crippen LogP contribution in [-0.4, -0.2) is 21.9 Å². The molecule has 1 aromatic carbocycles. The third-order valence-electron chi connectivity index (χ3n) is 5.35. The highest BCUT2D eigenvalue weighted by atomic mass is 16.5. The number of fused-ring (bicyclic) bond motifs is 3. The predicted molar refractivity (Wildman–Crippen MR) is 87.6 cm³/mol. The summed E-state index contributed by atoms with van der Waals surface area (Å²) in [6.07, 6.45) is 7.53. The SMILES string of the molecule is CCCCC1(O)CCC2c3cc(O)c(CCC)cc3OC2C1. The Morgan fingerprint density at radius 2 is 2.09 bits per heavy atom. The Balaban J connectivity index is 1.78. The number of aromatic hydroxyl groups is 1. The van der Waals surface area contributed by atoms with Gasteiger partial charge in [0.15, 0.2) is 0 Å². The molecule has 1 fully saturated rings. The second kappa shape index (κ2) is 6.11. The molecular formula is C19H28O3. The van der Waals surface area contributed by atoms with Crippen LogP contribution >= 0.6 is 0 Å². The number of rotatable bonds is 5. The van der Waals surface area contributed by atoms with Crippen molar-refractivity contribution in [2.75, 3.05) is 0 Å². The van der Waals surface area contributed by atoms with Crippen LogP contribution in [0.15, 0.2) is 12.1 Å². The summed E-state index contributed by atoms with van der Waals surface area (Å²) in [4.78, 5) is 0. The molecule has 0 saturated heterocycles. The van der Waals surface area contributed by atoms with Crippen molar-refractivity contribution in [3.05, 3.63) is 23.3 Å². The van der Waals surface area contributed by atoms with Crippen LogP contribution in [0.3, 0.4) is 0 Å². The summed E-state index contributed by atoms with van der Waals surface area (Å²) in [5, 5.41) is 21.0. The minimum absolute atomic E-state index is 0.0712. The molecule has 1 saturated carbocycles. The highest BCUT2D eigenvalue weighted by Crippen LogP contribution is 2.50. The fraction of sp³-hybridized carbons (Fsp3) is 0.684. The van der Waals surface area contributed by atoms with Crippen molar-refractivity contribution in [1.82, 2.24) is 0 Å². The largest absolute Gasteiger partial charge is 0.508 e. The first-order valence-electron chi connectivity index (χ1n) is 8.81. The maximum atomic E-state index is 10.8. The van der Waals surface area contributed by atoms with E-state index >= 15 is 0 Å². The first-order valence-corrected chi connectivity index (χ1v) is 8.81. The Morgan fingerprint density at radius 3 is 2.82 bits per heavy atom. The molecule has 1 aromatic rings. The molecule has 0 bridgehead atoms. The Labute approximate surface area is 133 Å². The molecule has 22 heavy (non-hydrogen) atoms. The van der Waals surface area contributed by atoms with Gasteiger partial charge in [-0.1, -0.05) is 33.1 Å². The Hall–Kier alpha value is -1.22. The fourth-order valence-electron chi connectivity index (χ4n) is 4.09. The van der Waals surface area contributed by atoms with Crippen molar-refractivity contribution in [1.29, 1.82) is 0 Å². The molecule has 1 aliphatic carbocycles. The minimum atomic E-state index is -0.562. The molecule has 0 aromatic heterocycles. The van der Waals surface area contributed by atoms with Gasteiger partial charge in [-0.05, 0) is 43.4 Å². The average Bonchev–Trinajstić information content (AvgIpc) is 2.82. The maximum absolute atomic E-state index is 10.8. The van der Waals surface area contributed by atoms with Crippen LogP contribution in [0.1, 0.15) is 75.8 Å². The number of aliphatic hydroxyl groups is 1. The van der Waals surface area contributed by atoms with E-state index in [1.807, 2.05) is 12.1 Å². The molecule has 3 heteroatoms. The van der Waals surface area contributed by atoms with Gasteiger partial charge in [0.05, 0.1) is 5.60 Å². The smallest absolute Gasteiger partial charge is 0.123 e. The second-order valence-electron chi connectivity index (χ2n) is 7.10. The maximum Gasteiger partial charge on any atom is 0.123 e. The zero-order chi connectivity index (χ0) is 15.7. The lowest BCUT2D eigenvalue weighted by Gasteiger charge is -2.38. The zero-order valence-corrected chi connectivity index (χ0v) is 13.8. The Bertz CT molecular complexity index is 540. The van der Waals surface area contributed by atoms with Gasteiger partial charge >= 0.3 is 0 Å². The fourth-order valence-corrected chi connectivity index (χ4v) is 4.09. The minimum Gasteiger partial charge on any atom is -0.508 e. The molecule has 2 aliphatic rings. The zero-order valence-electron chi connectivity index (χ0n) is 13.8. The summed E-state index contributed by atoms with van der Waals surface area (Å²) in [6.45, 7) is 4.27. The average molecular weight is 304 g/mol. The normalized spacial score (nSPS) is 29.8. The van der Waals surface area contributed by atoms with Gasteiger partial charge in [0, 0.05) is 17.9 Å². The van der Waals surface area contributed by atoms with E-state index < -0.39 is 5.60 Å². The molecule has 3 rings (SSSR count). The number of ether oxygens (including phenoxy) is 1. The first-order chi connectivity index (χ1) is 10.6. The first kappa shape index (κ1) is 15.7. The molecule has 1 aliphatic heterocycles. The summed E-state index contributed by atoms with van der Waals surface area (Å²) >= 11 is 0. The summed E-state index contributed by atoms with van der Waals surface area (Å²) in [5.41, 5.74) is 1.55. The molecular weight excluding hydrogens is 276 g/mol. The van der Waals surface area contributed by atoms with Gasteiger partial charge in [-0.25, -0.2) is 0 Å². The molecule has 3 unspecified atom stereocenters. The van der Waals surface area contributed by atoms with Gasteiger partial charge in [0.25, 0.3) is 0 Å². The number of hydrogen-bond acceptors (Lipinski definition) is 3. The van der Waals surface area contributed by atoms with E-state index in [1.54, 1.807) is 0 Å². The lowest BCUT2D eigenvalue weighted by atomic mass is 9.73. The molecule has 0 spiro atoms. The van der Waals surface area contributed by atoms with Crippen LogP contribution in [0, 0.1) is 0 Å². The third-order valence-corrected chi connectivity index (χ3v) is 5.35. The Kier molecular flexibility index (Phi) is 4.35. The van der Waals surface area contributed by atoms with E-state index in [-0.39, 0.29) is 6.10 Å². The molecule has 2 N–H and O–H groups in total. The van der Waals surface area contributed by atoms with Crippen molar-refractivity contribution in [2.24, 2.45) is 0 Å². The lowest BCUT2D eigenvalue weighted by molar-refractivity contribution is -0.0451. The van der Waals surface area contributed by atoms with Crippen LogP contribution < -0.4 is 4.74 Å². The monoisotopic (exact) mass is 304 g/mol. The lowest BCUT2D eigenvalue weighted by Crippen LogP contribution is -2.41. The van der Waals surface area contributed by atoms with Crippen LogP contribution in [0.5, 0.6) is 11.5 Å². The van der Waals surface area contributed by atoms with E-state index in [9.17, 15) is 10.2 Å². The molecule has 122 valence electrons. The number of phenolic OH excluding ortho intramolecular Hbond substituents is 1. The van der Waals surface area contributed by atoms with Gasteiger partial charge in [0.1, 0.15) is 17.6 Å². The van der Waals surface area contributed by atoms with Gasteiger partial charge in [0.2, 0.25) is 0 Å². The van der Waals surface area contributed by atoms with E-state index in [0.29, 0.717) is 11.7 Å². The summed E-state index contributed by atoms with van der Waals surface area (Å²) < 4.78 is 6.16. The molecule has 1 heterocycles. The van der Waals surface area contributed by atoms with Crippen molar-refractivity contribution in [3.8, 4) is 11.5 Å². The number of phenols is 1. The van der Waals surface area contributed by atoms with E-state index in [1.165, 1.54) is 0 Å². The number of aryl methyl sites for hydroxylation is 1. The van der Waals surface area contributed by atoms with Gasteiger partial charge in [-0.2, -0.15) is 0 Å². The summed E-state index contributed by atoms with van der Waals surface area (Å²) in [6, 6.07) is 3.92. The van der Waals surface area contributed by atoms with E-state index in [2.05, 4.69) is 13.8 Å². The van der Waals surface area contributed by atoms with Crippen LogP contribution in [0.4, 0.5) is 0 Å². The molecule has 3 nitrogen and oxygen atoms in total. The van der Waals surface area contributed by atoms with E-state index in [0.717, 1.165) is 68.2 Å². The number of benzene rings is 1. The van der Waals surface area contributed by atoms with Crippen molar-refractivity contribution >= 4 is 0 Å². The summed E-state index contributed by atoms with van der Waals surface area (Å²) in [7, 11) is 0. The molecule has 0 radical (unpaired) electrons. The van der Waals surface area contributed by atoms with E-state index in [4.69, 9.17) is 4.74 Å². The molecule has 3 atom stereocenters. The predicted octanol–water partition coefficient (Wildman–Crippen LogP) is 4.29. The number of unbranched alkanes of at least 4 members (excludes halogenated alkanes) is 1.